The van der Waals surface area contributed by atoms with E-state index in [-0.39, 0.29) is 11.8 Å². The Morgan fingerprint density at radius 1 is 1.11 bits per heavy atom. The molecule has 2 aliphatic rings. The molecule has 1 amide bonds. The van der Waals surface area contributed by atoms with Gasteiger partial charge in [-0.25, -0.2) is 0 Å². The van der Waals surface area contributed by atoms with Crippen LogP contribution in [0.1, 0.15) is 29.4 Å². The van der Waals surface area contributed by atoms with Crippen LogP contribution in [0.3, 0.4) is 0 Å². The summed E-state index contributed by atoms with van der Waals surface area (Å²) in [5.74, 6) is 0.552. The van der Waals surface area contributed by atoms with Gasteiger partial charge in [0.25, 0.3) is 0 Å². The molecule has 2 aromatic rings. The Balaban J connectivity index is 1.85. The number of piperidine rings is 1. The molecule has 0 saturated carbocycles. The van der Waals surface area contributed by atoms with E-state index in [1.165, 1.54) is 16.0 Å². The molecule has 1 aromatic heterocycles. The number of fused-ring (bicyclic) bond motifs is 6. The number of aromatic nitrogens is 2. The lowest BCUT2D eigenvalue weighted by Gasteiger charge is -2.33. The van der Waals surface area contributed by atoms with Crippen LogP contribution < -0.4 is 5.11 Å². The Morgan fingerprint density at radius 3 is 2.11 bits per heavy atom. The zero-order chi connectivity index (χ0) is 13.0. The Kier molecular flexibility index (Phi) is 2.07. The molecular formula is C14H12N3O2-. The molecule has 0 radical (unpaired) electrons. The number of benzene rings is 1. The van der Waals surface area contributed by atoms with E-state index >= 15 is 0 Å². The predicted molar refractivity (Wildman–Crippen MR) is 66.6 cm³/mol. The van der Waals surface area contributed by atoms with Gasteiger partial charge in [0.15, 0.2) is 0 Å². The maximum absolute atomic E-state index is 11.0. The molecule has 2 bridgehead atoms. The third kappa shape index (κ3) is 1.51. The molecule has 1 saturated heterocycles. The molecule has 1 aromatic carbocycles. The van der Waals surface area contributed by atoms with Crippen LogP contribution in [0.25, 0.3) is 11.0 Å². The van der Waals surface area contributed by atoms with Crippen LogP contribution in [-0.4, -0.2) is 34.1 Å². The van der Waals surface area contributed by atoms with Crippen LogP contribution >= 0.6 is 0 Å². The van der Waals surface area contributed by atoms with Gasteiger partial charge in [0.1, 0.15) is 6.09 Å². The monoisotopic (exact) mass is 254 g/mol. The van der Waals surface area contributed by atoms with Gasteiger partial charge >= 0.3 is 0 Å². The molecular weight excluding hydrogens is 242 g/mol. The third-order valence-corrected chi connectivity index (χ3v) is 4.26. The number of hydrogen-bond donors (Lipinski definition) is 0. The number of rotatable bonds is 0. The summed E-state index contributed by atoms with van der Waals surface area (Å²) in [7, 11) is 0. The van der Waals surface area contributed by atoms with Crippen LogP contribution in [0.4, 0.5) is 4.79 Å². The van der Waals surface area contributed by atoms with Crippen molar-refractivity contribution in [1.82, 2.24) is 14.9 Å². The fraction of sp³-hybridized carbons (Fsp3) is 0.357. The molecule has 1 aliphatic heterocycles. The van der Waals surface area contributed by atoms with Gasteiger partial charge in [-0.2, -0.15) is 0 Å². The zero-order valence-corrected chi connectivity index (χ0v) is 10.2. The number of amides is 1. The highest BCUT2D eigenvalue weighted by atomic mass is 16.4. The van der Waals surface area contributed by atoms with Crippen molar-refractivity contribution in [2.45, 2.75) is 18.3 Å². The van der Waals surface area contributed by atoms with Crippen molar-refractivity contribution < 1.29 is 9.90 Å². The lowest BCUT2D eigenvalue weighted by Crippen LogP contribution is -2.46. The van der Waals surface area contributed by atoms with Gasteiger partial charge in [-0.3, -0.25) is 9.97 Å². The van der Waals surface area contributed by atoms with E-state index in [0.717, 1.165) is 17.5 Å². The van der Waals surface area contributed by atoms with Crippen LogP contribution in [0.5, 0.6) is 0 Å². The van der Waals surface area contributed by atoms with Gasteiger partial charge in [0, 0.05) is 37.3 Å². The molecule has 5 heteroatoms. The average molecular weight is 254 g/mol. The SMILES string of the molecule is O=C([O-])N1CC2CC(C1)c1cc3nccnc3cc12. The van der Waals surface area contributed by atoms with Crippen LogP contribution in [0, 0.1) is 0 Å². The minimum atomic E-state index is -1.07. The summed E-state index contributed by atoms with van der Waals surface area (Å²) < 4.78 is 0. The lowest BCUT2D eigenvalue weighted by molar-refractivity contribution is -0.266. The van der Waals surface area contributed by atoms with E-state index in [4.69, 9.17) is 0 Å². The Hall–Kier alpha value is -2.17. The van der Waals surface area contributed by atoms with Crippen molar-refractivity contribution in [3.05, 3.63) is 35.7 Å². The topological polar surface area (TPSA) is 69.2 Å². The summed E-state index contributed by atoms with van der Waals surface area (Å²) in [6.45, 7) is 1.08. The van der Waals surface area contributed by atoms with Gasteiger partial charge in [0.05, 0.1) is 11.0 Å². The molecule has 19 heavy (non-hydrogen) atoms. The van der Waals surface area contributed by atoms with Crippen molar-refractivity contribution in [3.8, 4) is 0 Å². The molecule has 2 atom stereocenters. The maximum atomic E-state index is 11.0. The van der Waals surface area contributed by atoms with Crippen LogP contribution in [0.2, 0.25) is 0 Å². The molecule has 2 heterocycles. The molecule has 0 N–H and O–H groups in total. The van der Waals surface area contributed by atoms with E-state index in [1.807, 2.05) is 0 Å². The highest BCUT2D eigenvalue weighted by Crippen LogP contribution is 2.46. The Labute approximate surface area is 109 Å². The number of likely N-dealkylation sites (tertiary alicyclic amines) is 1. The molecule has 4 rings (SSSR count). The van der Waals surface area contributed by atoms with Gasteiger partial charge in [-0.1, -0.05) is 0 Å². The summed E-state index contributed by atoms with van der Waals surface area (Å²) in [6.07, 6.45) is 3.32. The fourth-order valence-corrected chi connectivity index (χ4v) is 3.45. The van der Waals surface area contributed by atoms with Gasteiger partial charge < -0.3 is 14.8 Å². The van der Waals surface area contributed by atoms with Gasteiger partial charge in [0.2, 0.25) is 0 Å². The summed E-state index contributed by atoms with van der Waals surface area (Å²) >= 11 is 0. The largest absolute Gasteiger partial charge is 0.530 e. The van der Waals surface area contributed by atoms with E-state index in [0.29, 0.717) is 13.1 Å². The standard InChI is InChI=1S/C14H13N3O2/c18-14(19)17-6-8-3-9(7-17)11-5-13-12(4-10(8)11)15-1-2-16-13/h1-2,4-5,8-9H,3,6-7H2,(H,18,19)/p-1. The summed E-state index contributed by atoms with van der Waals surface area (Å²) in [5.41, 5.74) is 4.24. The van der Waals surface area contributed by atoms with Crippen molar-refractivity contribution in [3.63, 3.8) is 0 Å². The molecule has 2 unspecified atom stereocenters. The highest BCUT2D eigenvalue weighted by Gasteiger charge is 2.38. The molecule has 0 spiro atoms. The summed E-state index contributed by atoms with van der Waals surface area (Å²) in [5, 5.41) is 11.0. The smallest absolute Gasteiger partial charge is 0.136 e. The molecule has 5 nitrogen and oxygen atoms in total. The number of carbonyl (C=O) groups excluding carboxylic acids is 1. The van der Waals surface area contributed by atoms with Gasteiger partial charge in [-0.15, -0.1) is 0 Å². The predicted octanol–water partition coefficient (Wildman–Crippen LogP) is 0.860. The van der Waals surface area contributed by atoms with E-state index in [9.17, 15) is 9.90 Å². The van der Waals surface area contributed by atoms with E-state index in [2.05, 4.69) is 22.1 Å². The Bertz CT molecular complexity index is 635. The first-order valence-corrected chi connectivity index (χ1v) is 6.43. The van der Waals surface area contributed by atoms with Crippen molar-refractivity contribution in [2.24, 2.45) is 0 Å². The van der Waals surface area contributed by atoms with E-state index < -0.39 is 6.09 Å². The molecule has 1 fully saturated rings. The first-order chi connectivity index (χ1) is 9.22. The normalized spacial score (nSPS) is 24.5. The van der Waals surface area contributed by atoms with E-state index in [1.54, 1.807) is 12.4 Å². The maximum Gasteiger partial charge on any atom is 0.136 e. The molecule has 1 aliphatic carbocycles. The number of hydrogen-bond acceptors (Lipinski definition) is 4. The van der Waals surface area contributed by atoms with Crippen molar-refractivity contribution in [1.29, 1.82) is 0 Å². The highest BCUT2D eigenvalue weighted by molar-refractivity contribution is 5.77. The molecule has 96 valence electrons. The average Bonchev–Trinajstić information content (AvgIpc) is 2.67. The van der Waals surface area contributed by atoms with Crippen molar-refractivity contribution in [2.75, 3.05) is 13.1 Å². The second kappa shape index (κ2) is 3.66. The fourth-order valence-electron chi connectivity index (χ4n) is 3.45. The lowest BCUT2D eigenvalue weighted by atomic mass is 9.96. The Morgan fingerprint density at radius 2 is 1.63 bits per heavy atom. The zero-order valence-electron chi connectivity index (χ0n) is 10.2. The second-order valence-electron chi connectivity index (χ2n) is 5.33. The van der Waals surface area contributed by atoms with Crippen LogP contribution in [0.15, 0.2) is 24.5 Å². The van der Waals surface area contributed by atoms with Crippen LogP contribution in [-0.2, 0) is 0 Å². The minimum absolute atomic E-state index is 0.276. The first kappa shape index (κ1) is 10.7. The second-order valence-corrected chi connectivity index (χ2v) is 5.33. The number of carboxylic acid groups (broad SMARTS) is 1. The first-order valence-electron chi connectivity index (χ1n) is 6.43. The van der Waals surface area contributed by atoms with Crippen molar-refractivity contribution >= 4 is 17.1 Å². The summed E-state index contributed by atoms with van der Waals surface area (Å²) in [4.78, 5) is 21.1. The number of carbonyl (C=O) groups is 1. The summed E-state index contributed by atoms with van der Waals surface area (Å²) in [6, 6.07) is 4.14. The number of nitrogens with zero attached hydrogens (tertiary/aromatic N) is 3. The van der Waals surface area contributed by atoms with Gasteiger partial charge in [-0.05, 0) is 29.7 Å². The third-order valence-electron chi connectivity index (χ3n) is 4.26. The minimum Gasteiger partial charge on any atom is -0.530 e. The quantitative estimate of drug-likeness (QED) is 0.699.